The van der Waals surface area contributed by atoms with Gasteiger partial charge in [0.25, 0.3) is 0 Å². The van der Waals surface area contributed by atoms with Gasteiger partial charge in [-0.3, -0.25) is 9.48 Å². The maximum atomic E-state index is 12.0. The van der Waals surface area contributed by atoms with Gasteiger partial charge in [-0.05, 0) is 37.6 Å². The molecule has 2 rings (SSSR count). The number of aromatic nitrogens is 2. The topological polar surface area (TPSA) is 38.1 Å². The van der Waals surface area contributed by atoms with Crippen molar-refractivity contribution in [3.05, 3.63) is 40.0 Å². The van der Waals surface area contributed by atoms with Gasteiger partial charge in [0.1, 0.15) is 6.04 Å². The summed E-state index contributed by atoms with van der Waals surface area (Å²) in [6, 6.07) is 4.89. The van der Waals surface area contributed by atoms with Crippen molar-refractivity contribution in [2.24, 2.45) is 0 Å². The smallest absolute Gasteiger partial charge is 0.246 e. The summed E-state index contributed by atoms with van der Waals surface area (Å²) in [5.41, 5.74) is 2.45. The average Bonchev–Trinajstić information content (AvgIpc) is 2.81. The van der Waals surface area contributed by atoms with Crippen molar-refractivity contribution in [2.75, 3.05) is 14.1 Å². The first-order valence-electron chi connectivity index (χ1n) is 6.53. The molecule has 0 aliphatic heterocycles. The van der Waals surface area contributed by atoms with Crippen LogP contribution < -0.4 is 0 Å². The van der Waals surface area contributed by atoms with Crippen LogP contribution >= 0.6 is 23.2 Å². The van der Waals surface area contributed by atoms with E-state index < -0.39 is 0 Å². The van der Waals surface area contributed by atoms with Crippen LogP contribution in [0.4, 0.5) is 0 Å². The Bertz CT molecular complexity index is 680. The highest BCUT2D eigenvalue weighted by molar-refractivity contribution is 6.35. The Hall–Kier alpha value is -1.52. The Morgan fingerprint density at radius 2 is 2.00 bits per heavy atom. The fourth-order valence-electron chi connectivity index (χ4n) is 2.11. The Morgan fingerprint density at radius 1 is 1.33 bits per heavy atom. The quantitative estimate of drug-likeness (QED) is 0.860. The van der Waals surface area contributed by atoms with E-state index in [4.69, 9.17) is 23.2 Å². The van der Waals surface area contributed by atoms with Gasteiger partial charge in [0.15, 0.2) is 0 Å². The second-order valence-electron chi connectivity index (χ2n) is 5.17. The zero-order chi connectivity index (χ0) is 15.7. The molecule has 0 fully saturated rings. The van der Waals surface area contributed by atoms with E-state index in [-0.39, 0.29) is 11.9 Å². The van der Waals surface area contributed by atoms with Crippen LogP contribution in [-0.2, 0) is 4.79 Å². The van der Waals surface area contributed by atoms with Gasteiger partial charge in [0.2, 0.25) is 5.91 Å². The molecule has 0 saturated heterocycles. The van der Waals surface area contributed by atoms with E-state index in [2.05, 4.69) is 5.10 Å². The predicted octanol–water partition coefficient (Wildman–Crippen LogP) is 3.81. The lowest BCUT2D eigenvalue weighted by molar-refractivity contribution is -0.131. The Labute approximate surface area is 134 Å². The van der Waals surface area contributed by atoms with Gasteiger partial charge < -0.3 is 4.90 Å². The molecule has 0 radical (unpaired) electrons. The Kier molecular flexibility index (Phi) is 4.59. The molecule has 21 heavy (non-hydrogen) atoms. The third-order valence-corrected chi connectivity index (χ3v) is 3.86. The third-order valence-electron chi connectivity index (χ3n) is 3.29. The number of carbonyl (C=O) groups excluding carboxylic acids is 1. The molecule has 0 aliphatic carbocycles. The monoisotopic (exact) mass is 325 g/mol. The maximum absolute atomic E-state index is 12.0. The van der Waals surface area contributed by atoms with Crippen LogP contribution in [0, 0.1) is 6.92 Å². The van der Waals surface area contributed by atoms with Crippen LogP contribution in [0.5, 0.6) is 0 Å². The summed E-state index contributed by atoms with van der Waals surface area (Å²) >= 11 is 12.2. The van der Waals surface area contributed by atoms with Crippen molar-refractivity contribution >= 4 is 29.1 Å². The summed E-state index contributed by atoms with van der Waals surface area (Å²) in [5.74, 6) is -0.0127. The molecule has 0 spiro atoms. The van der Waals surface area contributed by atoms with Crippen molar-refractivity contribution in [2.45, 2.75) is 19.9 Å². The van der Waals surface area contributed by atoms with Crippen molar-refractivity contribution < 1.29 is 4.79 Å². The molecular formula is C15H17Cl2N3O. The molecule has 1 heterocycles. The van der Waals surface area contributed by atoms with Gasteiger partial charge in [-0.2, -0.15) is 5.10 Å². The molecule has 1 aromatic heterocycles. The Morgan fingerprint density at radius 3 is 2.62 bits per heavy atom. The molecule has 1 atom stereocenters. The molecule has 2 aromatic rings. The van der Waals surface area contributed by atoms with E-state index in [1.54, 1.807) is 41.9 Å². The van der Waals surface area contributed by atoms with Gasteiger partial charge in [0.05, 0.1) is 10.7 Å². The van der Waals surface area contributed by atoms with Crippen molar-refractivity contribution in [1.82, 2.24) is 14.7 Å². The van der Waals surface area contributed by atoms with Gasteiger partial charge >= 0.3 is 0 Å². The van der Waals surface area contributed by atoms with E-state index in [1.807, 2.05) is 20.0 Å². The fraction of sp³-hybridized carbons (Fsp3) is 0.333. The highest BCUT2D eigenvalue weighted by atomic mass is 35.5. The lowest BCUT2D eigenvalue weighted by Crippen LogP contribution is -2.30. The first-order valence-corrected chi connectivity index (χ1v) is 7.29. The minimum absolute atomic E-state index is 0.0127. The van der Waals surface area contributed by atoms with Gasteiger partial charge in [-0.15, -0.1) is 0 Å². The molecule has 1 unspecified atom stereocenters. The fourth-order valence-corrected chi connectivity index (χ4v) is 2.49. The molecule has 0 saturated carbocycles. The lowest BCUT2D eigenvalue weighted by atomic mass is 10.1. The molecule has 0 aliphatic rings. The number of rotatable bonds is 3. The molecule has 112 valence electrons. The Balaban J connectivity index is 2.44. The van der Waals surface area contributed by atoms with E-state index in [0.717, 1.165) is 16.8 Å². The molecule has 1 amide bonds. The molecule has 4 nitrogen and oxygen atoms in total. The van der Waals surface area contributed by atoms with Crippen molar-refractivity contribution in [3.8, 4) is 11.3 Å². The second-order valence-corrected chi connectivity index (χ2v) is 6.02. The minimum atomic E-state index is -0.370. The maximum Gasteiger partial charge on any atom is 0.246 e. The van der Waals surface area contributed by atoms with E-state index in [1.165, 1.54) is 0 Å². The number of carbonyl (C=O) groups is 1. The summed E-state index contributed by atoms with van der Waals surface area (Å²) in [6.07, 6.45) is 1.85. The SMILES string of the molecule is Cc1cn(C(C)C(=O)N(C)C)nc1-c1cc(Cl)ccc1Cl. The summed E-state index contributed by atoms with van der Waals surface area (Å²) < 4.78 is 1.66. The number of halogens is 2. The number of aryl methyl sites for hydroxylation is 1. The number of amides is 1. The van der Waals surface area contributed by atoms with E-state index >= 15 is 0 Å². The average molecular weight is 326 g/mol. The molecular weight excluding hydrogens is 309 g/mol. The van der Waals surface area contributed by atoms with Gasteiger partial charge in [-0.25, -0.2) is 0 Å². The largest absolute Gasteiger partial charge is 0.347 e. The van der Waals surface area contributed by atoms with Crippen LogP contribution in [0.15, 0.2) is 24.4 Å². The number of nitrogens with zero attached hydrogens (tertiary/aromatic N) is 3. The van der Waals surface area contributed by atoms with Gasteiger partial charge in [0, 0.05) is 30.9 Å². The normalized spacial score (nSPS) is 12.3. The van der Waals surface area contributed by atoms with Crippen LogP contribution in [0.3, 0.4) is 0 Å². The number of likely N-dealkylation sites (N-methyl/N-ethyl adjacent to an activating group) is 1. The summed E-state index contributed by atoms with van der Waals surface area (Å²) in [5, 5.41) is 5.69. The summed E-state index contributed by atoms with van der Waals surface area (Å²) in [4.78, 5) is 13.6. The van der Waals surface area contributed by atoms with Crippen LogP contribution in [0.2, 0.25) is 10.0 Å². The lowest BCUT2D eigenvalue weighted by Gasteiger charge is -2.16. The third kappa shape index (κ3) is 3.22. The zero-order valence-electron chi connectivity index (χ0n) is 12.4. The number of hydrogen-bond acceptors (Lipinski definition) is 2. The predicted molar refractivity (Wildman–Crippen MR) is 85.8 cm³/mol. The summed E-state index contributed by atoms with van der Waals surface area (Å²) in [6.45, 7) is 3.75. The van der Waals surface area contributed by atoms with Crippen LogP contribution in [0.25, 0.3) is 11.3 Å². The van der Waals surface area contributed by atoms with E-state index in [0.29, 0.717) is 10.0 Å². The first-order chi connectivity index (χ1) is 9.81. The molecule has 0 bridgehead atoms. The van der Waals surface area contributed by atoms with E-state index in [9.17, 15) is 4.79 Å². The standard InChI is InChI=1S/C15H17Cl2N3O/c1-9-8-20(10(2)15(21)19(3)4)18-14(9)12-7-11(16)5-6-13(12)17/h5-8,10H,1-4H3. The number of hydrogen-bond donors (Lipinski definition) is 0. The second kappa shape index (κ2) is 6.08. The highest BCUT2D eigenvalue weighted by Gasteiger charge is 2.20. The summed E-state index contributed by atoms with van der Waals surface area (Å²) in [7, 11) is 3.45. The number of benzene rings is 1. The van der Waals surface area contributed by atoms with Crippen molar-refractivity contribution in [3.63, 3.8) is 0 Å². The highest BCUT2D eigenvalue weighted by Crippen LogP contribution is 2.32. The minimum Gasteiger partial charge on any atom is -0.347 e. The van der Waals surface area contributed by atoms with Crippen LogP contribution in [-0.4, -0.2) is 34.7 Å². The molecule has 1 aromatic carbocycles. The zero-order valence-corrected chi connectivity index (χ0v) is 13.9. The molecule has 0 N–H and O–H groups in total. The van der Waals surface area contributed by atoms with Crippen molar-refractivity contribution in [1.29, 1.82) is 0 Å². The first kappa shape index (κ1) is 15.9. The van der Waals surface area contributed by atoms with Crippen LogP contribution in [0.1, 0.15) is 18.5 Å². The molecule has 6 heteroatoms. The van der Waals surface area contributed by atoms with Gasteiger partial charge in [-0.1, -0.05) is 23.2 Å².